The molecule has 1 fully saturated rings. The first-order valence-electron chi connectivity index (χ1n) is 6.71. The topological polar surface area (TPSA) is 45.2 Å². The molecule has 0 aliphatic heterocycles. The molecule has 0 spiro atoms. The molecule has 1 amide bonds. The van der Waals surface area contributed by atoms with Crippen LogP contribution in [0.5, 0.6) is 0 Å². The molecule has 0 atom stereocenters. The van der Waals surface area contributed by atoms with Crippen molar-refractivity contribution in [2.24, 2.45) is 0 Å². The van der Waals surface area contributed by atoms with E-state index in [1.165, 1.54) is 12.8 Å². The lowest BCUT2D eigenvalue weighted by atomic mass is 10.1. The molecule has 0 saturated heterocycles. The van der Waals surface area contributed by atoms with E-state index in [2.05, 4.69) is 10.3 Å². The molecule has 0 aromatic carbocycles. The fourth-order valence-electron chi connectivity index (χ4n) is 2.62. The quantitative estimate of drug-likeness (QED) is 0.889. The van der Waals surface area contributed by atoms with Crippen LogP contribution in [0.3, 0.4) is 0 Å². The third-order valence-electron chi connectivity index (χ3n) is 3.63. The summed E-state index contributed by atoms with van der Waals surface area (Å²) >= 11 is 0. The van der Waals surface area contributed by atoms with Gasteiger partial charge >= 0.3 is 0 Å². The van der Waals surface area contributed by atoms with E-state index in [0.717, 1.165) is 25.2 Å². The molecule has 18 heavy (non-hydrogen) atoms. The number of pyridine rings is 1. The summed E-state index contributed by atoms with van der Waals surface area (Å²) in [4.78, 5) is 18.6. The Hall–Kier alpha value is -1.58. The monoisotopic (exact) mass is 247 g/mol. The third-order valence-corrected chi connectivity index (χ3v) is 3.63. The molecule has 1 aromatic rings. The van der Waals surface area contributed by atoms with Gasteiger partial charge in [-0.2, -0.15) is 0 Å². The third kappa shape index (κ3) is 2.63. The zero-order valence-corrected chi connectivity index (χ0v) is 11.1. The van der Waals surface area contributed by atoms with Crippen molar-refractivity contribution >= 4 is 11.7 Å². The van der Waals surface area contributed by atoms with Crippen molar-refractivity contribution in [3.05, 3.63) is 23.9 Å². The van der Waals surface area contributed by atoms with Crippen molar-refractivity contribution in [1.29, 1.82) is 0 Å². The van der Waals surface area contributed by atoms with Gasteiger partial charge < -0.3 is 10.2 Å². The number of amides is 1. The van der Waals surface area contributed by atoms with Crippen LogP contribution in [-0.2, 0) is 0 Å². The fraction of sp³-hybridized carbons (Fsp3) is 0.571. The first-order valence-corrected chi connectivity index (χ1v) is 6.71. The molecular formula is C14H21N3O. The maximum atomic E-state index is 12.4. The molecule has 0 bridgehead atoms. The average molecular weight is 247 g/mol. The molecule has 2 rings (SSSR count). The largest absolute Gasteiger partial charge is 0.373 e. The SMILES string of the molecule is CCN(C(=O)c1ccc(NC)nc1)C1CCCC1. The Morgan fingerprint density at radius 2 is 2.17 bits per heavy atom. The van der Waals surface area contributed by atoms with Gasteiger partial charge in [-0.1, -0.05) is 12.8 Å². The minimum absolute atomic E-state index is 0.111. The summed E-state index contributed by atoms with van der Waals surface area (Å²) in [5.41, 5.74) is 0.683. The van der Waals surface area contributed by atoms with E-state index in [0.29, 0.717) is 11.6 Å². The van der Waals surface area contributed by atoms with Gasteiger partial charge in [0.2, 0.25) is 0 Å². The van der Waals surface area contributed by atoms with Crippen molar-refractivity contribution in [2.75, 3.05) is 18.9 Å². The van der Waals surface area contributed by atoms with Gasteiger partial charge in [-0.3, -0.25) is 4.79 Å². The molecule has 1 saturated carbocycles. The van der Waals surface area contributed by atoms with Crippen LogP contribution < -0.4 is 5.32 Å². The van der Waals surface area contributed by atoms with E-state index < -0.39 is 0 Å². The Morgan fingerprint density at radius 1 is 1.44 bits per heavy atom. The Morgan fingerprint density at radius 3 is 2.67 bits per heavy atom. The predicted molar refractivity (Wildman–Crippen MR) is 72.8 cm³/mol. The highest BCUT2D eigenvalue weighted by molar-refractivity contribution is 5.94. The second kappa shape index (κ2) is 5.85. The summed E-state index contributed by atoms with van der Waals surface area (Å²) in [6.45, 7) is 2.82. The lowest BCUT2D eigenvalue weighted by Crippen LogP contribution is -2.38. The number of rotatable bonds is 4. The van der Waals surface area contributed by atoms with Gasteiger partial charge in [-0.15, -0.1) is 0 Å². The van der Waals surface area contributed by atoms with Crippen LogP contribution in [0.2, 0.25) is 0 Å². The lowest BCUT2D eigenvalue weighted by Gasteiger charge is -2.27. The molecule has 4 heteroatoms. The van der Waals surface area contributed by atoms with E-state index >= 15 is 0 Å². The zero-order valence-electron chi connectivity index (χ0n) is 11.1. The second-order valence-corrected chi connectivity index (χ2v) is 4.71. The van der Waals surface area contributed by atoms with Crippen LogP contribution >= 0.6 is 0 Å². The number of hydrogen-bond acceptors (Lipinski definition) is 3. The summed E-state index contributed by atoms with van der Waals surface area (Å²) in [7, 11) is 1.82. The van der Waals surface area contributed by atoms with E-state index in [1.54, 1.807) is 6.20 Å². The Balaban J connectivity index is 2.11. The summed E-state index contributed by atoms with van der Waals surface area (Å²) in [5, 5.41) is 2.96. The number of nitrogens with zero attached hydrogens (tertiary/aromatic N) is 2. The number of aromatic nitrogens is 1. The van der Waals surface area contributed by atoms with E-state index in [-0.39, 0.29) is 5.91 Å². The smallest absolute Gasteiger partial charge is 0.255 e. The Kier molecular flexibility index (Phi) is 4.18. The first kappa shape index (κ1) is 12.9. The number of carbonyl (C=O) groups is 1. The molecule has 4 nitrogen and oxygen atoms in total. The molecule has 0 unspecified atom stereocenters. The maximum Gasteiger partial charge on any atom is 0.255 e. The van der Waals surface area contributed by atoms with Gasteiger partial charge in [0.15, 0.2) is 0 Å². The maximum absolute atomic E-state index is 12.4. The fourth-order valence-corrected chi connectivity index (χ4v) is 2.62. The van der Waals surface area contributed by atoms with Crippen molar-refractivity contribution in [2.45, 2.75) is 38.6 Å². The van der Waals surface area contributed by atoms with Gasteiger partial charge in [0.05, 0.1) is 5.56 Å². The molecule has 1 heterocycles. The molecule has 98 valence electrons. The summed E-state index contributed by atoms with van der Waals surface area (Å²) in [5.74, 6) is 0.898. The predicted octanol–water partition coefficient (Wildman–Crippen LogP) is 2.53. The van der Waals surface area contributed by atoms with Crippen LogP contribution in [-0.4, -0.2) is 35.4 Å². The molecule has 1 aliphatic rings. The normalized spacial score (nSPS) is 15.7. The lowest BCUT2D eigenvalue weighted by molar-refractivity contribution is 0.0693. The molecule has 1 aliphatic carbocycles. The minimum Gasteiger partial charge on any atom is -0.373 e. The number of anilines is 1. The van der Waals surface area contributed by atoms with Gasteiger partial charge in [0, 0.05) is 25.8 Å². The van der Waals surface area contributed by atoms with Gasteiger partial charge in [-0.25, -0.2) is 4.98 Å². The highest BCUT2D eigenvalue weighted by Crippen LogP contribution is 2.24. The van der Waals surface area contributed by atoms with Crippen molar-refractivity contribution in [3.8, 4) is 0 Å². The van der Waals surface area contributed by atoms with E-state index in [4.69, 9.17) is 0 Å². The molecule has 1 aromatic heterocycles. The van der Waals surface area contributed by atoms with Gasteiger partial charge in [0.1, 0.15) is 5.82 Å². The highest BCUT2D eigenvalue weighted by atomic mass is 16.2. The van der Waals surface area contributed by atoms with Gasteiger partial charge in [0.25, 0.3) is 5.91 Å². The summed E-state index contributed by atoms with van der Waals surface area (Å²) in [6.07, 6.45) is 6.42. The first-order chi connectivity index (χ1) is 8.76. The van der Waals surface area contributed by atoms with E-state index in [1.807, 2.05) is 31.0 Å². The number of carbonyl (C=O) groups excluding carboxylic acids is 1. The Bertz CT molecular complexity index is 396. The van der Waals surface area contributed by atoms with Gasteiger partial charge in [-0.05, 0) is 31.9 Å². The summed E-state index contributed by atoms with van der Waals surface area (Å²) in [6, 6.07) is 4.11. The highest BCUT2D eigenvalue weighted by Gasteiger charge is 2.26. The van der Waals surface area contributed by atoms with Crippen LogP contribution in [0, 0.1) is 0 Å². The van der Waals surface area contributed by atoms with Crippen molar-refractivity contribution < 1.29 is 4.79 Å². The number of hydrogen-bond donors (Lipinski definition) is 1. The molecule has 1 N–H and O–H groups in total. The Labute approximate surface area is 108 Å². The minimum atomic E-state index is 0.111. The summed E-state index contributed by atoms with van der Waals surface area (Å²) < 4.78 is 0. The van der Waals surface area contributed by atoms with Crippen LogP contribution in [0.25, 0.3) is 0 Å². The van der Waals surface area contributed by atoms with Crippen LogP contribution in [0.1, 0.15) is 43.0 Å². The molecule has 0 radical (unpaired) electrons. The van der Waals surface area contributed by atoms with Crippen LogP contribution in [0.4, 0.5) is 5.82 Å². The standard InChI is InChI=1S/C14H21N3O/c1-3-17(12-6-4-5-7-12)14(18)11-8-9-13(15-2)16-10-11/h8-10,12H,3-7H2,1-2H3,(H,15,16). The molecular weight excluding hydrogens is 226 g/mol. The average Bonchev–Trinajstić information content (AvgIpc) is 2.93. The van der Waals surface area contributed by atoms with E-state index in [9.17, 15) is 4.79 Å². The second-order valence-electron chi connectivity index (χ2n) is 4.71. The number of nitrogens with one attached hydrogen (secondary N) is 1. The zero-order chi connectivity index (χ0) is 13.0. The van der Waals surface area contributed by atoms with Crippen molar-refractivity contribution in [3.63, 3.8) is 0 Å². The van der Waals surface area contributed by atoms with Crippen LogP contribution in [0.15, 0.2) is 18.3 Å². The van der Waals surface area contributed by atoms with Crippen molar-refractivity contribution in [1.82, 2.24) is 9.88 Å².